The van der Waals surface area contributed by atoms with Crippen molar-refractivity contribution in [2.24, 2.45) is 0 Å². The van der Waals surface area contributed by atoms with E-state index in [-0.39, 0.29) is 0 Å². The van der Waals surface area contributed by atoms with Gasteiger partial charge in [-0.3, -0.25) is 4.98 Å². The van der Waals surface area contributed by atoms with E-state index in [2.05, 4.69) is 25.6 Å². The van der Waals surface area contributed by atoms with Crippen LogP contribution in [0.2, 0.25) is 0 Å². The lowest BCUT2D eigenvalue weighted by molar-refractivity contribution is 0.417. The van der Waals surface area contributed by atoms with E-state index >= 15 is 0 Å². The molecule has 23 heavy (non-hydrogen) atoms. The second kappa shape index (κ2) is 7.22. The zero-order valence-electron chi connectivity index (χ0n) is 12.7. The van der Waals surface area contributed by atoms with Crippen LogP contribution in [0.25, 0.3) is 0 Å². The first kappa shape index (κ1) is 14.8. The third-order valence-corrected chi connectivity index (χ3v) is 3.21. The zero-order chi connectivity index (χ0) is 15.9. The quantitative estimate of drug-likeness (QED) is 0.728. The van der Waals surface area contributed by atoms with Crippen molar-refractivity contribution in [1.82, 2.24) is 15.0 Å². The Bertz CT molecular complexity index is 764. The van der Waals surface area contributed by atoms with Crippen LogP contribution in [0.15, 0.2) is 61.1 Å². The highest BCUT2D eigenvalue weighted by atomic mass is 16.5. The number of nitrogens with zero attached hydrogens (tertiary/aromatic N) is 3. The molecular weight excluding hydrogens is 290 g/mol. The summed E-state index contributed by atoms with van der Waals surface area (Å²) in [6, 6.07) is 15.3. The first-order chi connectivity index (χ1) is 11.3. The van der Waals surface area contributed by atoms with Gasteiger partial charge in [-0.1, -0.05) is 18.2 Å². The van der Waals surface area contributed by atoms with Gasteiger partial charge in [-0.25, -0.2) is 9.97 Å². The summed E-state index contributed by atoms with van der Waals surface area (Å²) in [5.41, 5.74) is 1.80. The molecule has 1 aromatic carbocycles. The molecule has 2 heterocycles. The molecule has 0 aliphatic heterocycles. The van der Waals surface area contributed by atoms with Gasteiger partial charge >= 0.3 is 0 Å². The molecule has 0 unspecified atom stereocenters. The summed E-state index contributed by atoms with van der Waals surface area (Å²) < 4.78 is 5.32. The fraction of sp³-hybridized carbons (Fsp3) is 0.118. The van der Waals surface area contributed by atoms with E-state index in [4.69, 9.17) is 4.74 Å². The van der Waals surface area contributed by atoms with Gasteiger partial charge in [-0.15, -0.1) is 0 Å². The molecule has 0 fully saturated rings. The van der Waals surface area contributed by atoms with Crippen LogP contribution in [-0.4, -0.2) is 22.1 Å². The summed E-state index contributed by atoms with van der Waals surface area (Å²) >= 11 is 0. The molecule has 0 saturated heterocycles. The lowest BCUT2D eigenvalue weighted by atomic mass is 10.3. The molecule has 0 saturated carbocycles. The molecule has 116 valence electrons. The lowest BCUT2D eigenvalue weighted by Crippen LogP contribution is -2.04. The van der Waals surface area contributed by atoms with Crippen LogP contribution in [0.5, 0.6) is 5.75 Å². The Hall–Kier alpha value is -3.15. The number of ether oxygens (including phenoxy) is 1. The molecule has 0 spiro atoms. The number of hydrogen-bond acceptors (Lipinski definition) is 6. The van der Waals surface area contributed by atoms with E-state index in [0.29, 0.717) is 12.4 Å². The molecule has 2 aromatic heterocycles. The van der Waals surface area contributed by atoms with Crippen LogP contribution in [0.4, 0.5) is 17.3 Å². The van der Waals surface area contributed by atoms with E-state index in [9.17, 15) is 0 Å². The predicted molar refractivity (Wildman–Crippen MR) is 89.9 cm³/mol. The number of benzene rings is 1. The van der Waals surface area contributed by atoms with Crippen molar-refractivity contribution in [2.45, 2.75) is 6.54 Å². The Morgan fingerprint density at radius 3 is 2.61 bits per heavy atom. The number of para-hydroxylation sites is 2. The molecular formula is C17H17N5O. The largest absolute Gasteiger partial charge is 0.495 e. The molecule has 0 aliphatic rings. The zero-order valence-corrected chi connectivity index (χ0v) is 12.7. The van der Waals surface area contributed by atoms with Gasteiger partial charge in [0.1, 0.15) is 23.7 Å². The summed E-state index contributed by atoms with van der Waals surface area (Å²) in [6.07, 6.45) is 3.28. The van der Waals surface area contributed by atoms with Crippen LogP contribution in [0.3, 0.4) is 0 Å². The lowest BCUT2D eigenvalue weighted by Gasteiger charge is -2.11. The Kier molecular flexibility index (Phi) is 4.63. The van der Waals surface area contributed by atoms with Crippen LogP contribution >= 0.6 is 0 Å². The number of nitrogens with one attached hydrogen (secondary N) is 2. The van der Waals surface area contributed by atoms with Crippen molar-refractivity contribution in [3.05, 3.63) is 66.7 Å². The summed E-state index contributed by atoms with van der Waals surface area (Å²) in [7, 11) is 1.64. The van der Waals surface area contributed by atoms with Crippen molar-refractivity contribution >= 4 is 17.3 Å². The summed E-state index contributed by atoms with van der Waals surface area (Å²) in [5, 5.41) is 6.46. The monoisotopic (exact) mass is 307 g/mol. The van der Waals surface area contributed by atoms with E-state index in [0.717, 1.165) is 22.9 Å². The third kappa shape index (κ3) is 3.94. The number of methoxy groups -OCH3 is 1. The smallest absolute Gasteiger partial charge is 0.142 e. The van der Waals surface area contributed by atoms with E-state index in [1.54, 1.807) is 13.3 Å². The van der Waals surface area contributed by atoms with Gasteiger partial charge in [0.25, 0.3) is 0 Å². The highest BCUT2D eigenvalue weighted by Crippen LogP contribution is 2.26. The minimum absolute atomic E-state index is 0.603. The number of anilines is 3. The maximum atomic E-state index is 5.32. The minimum Gasteiger partial charge on any atom is -0.495 e. The van der Waals surface area contributed by atoms with Crippen LogP contribution in [0, 0.1) is 0 Å². The van der Waals surface area contributed by atoms with Crippen LogP contribution < -0.4 is 15.4 Å². The van der Waals surface area contributed by atoms with Gasteiger partial charge in [-0.2, -0.15) is 0 Å². The Labute approximate surface area is 134 Å². The van der Waals surface area contributed by atoms with Gasteiger partial charge in [0.15, 0.2) is 0 Å². The first-order valence-corrected chi connectivity index (χ1v) is 7.21. The van der Waals surface area contributed by atoms with E-state index < -0.39 is 0 Å². The van der Waals surface area contributed by atoms with Crippen molar-refractivity contribution in [3.63, 3.8) is 0 Å². The molecule has 0 amide bonds. The first-order valence-electron chi connectivity index (χ1n) is 7.21. The highest BCUT2D eigenvalue weighted by molar-refractivity contribution is 5.65. The topological polar surface area (TPSA) is 72.0 Å². The van der Waals surface area contributed by atoms with Gasteiger partial charge in [-0.05, 0) is 24.3 Å². The van der Waals surface area contributed by atoms with Crippen molar-refractivity contribution in [2.75, 3.05) is 17.7 Å². The third-order valence-electron chi connectivity index (χ3n) is 3.21. The maximum Gasteiger partial charge on any atom is 0.142 e. The predicted octanol–water partition coefficient (Wildman–Crippen LogP) is 3.24. The summed E-state index contributed by atoms with van der Waals surface area (Å²) in [5.74, 6) is 2.17. The second-order valence-electron chi connectivity index (χ2n) is 4.79. The standard InChI is InChI=1S/C17H17N5O/c1-23-15-8-3-2-7-14(15)22-17-10-16(20-12-21-17)19-11-13-6-4-5-9-18-13/h2-10,12H,11H2,1H3,(H2,19,20,21,22). The van der Waals surface area contributed by atoms with E-state index in [1.165, 1.54) is 6.33 Å². The number of pyridine rings is 1. The molecule has 0 atom stereocenters. The Morgan fingerprint density at radius 2 is 1.78 bits per heavy atom. The van der Waals surface area contributed by atoms with Gasteiger partial charge in [0.05, 0.1) is 25.0 Å². The van der Waals surface area contributed by atoms with Crippen molar-refractivity contribution in [1.29, 1.82) is 0 Å². The second-order valence-corrected chi connectivity index (χ2v) is 4.79. The Morgan fingerprint density at radius 1 is 0.957 bits per heavy atom. The fourth-order valence-electron chi connectivity index (χ4n) is 2.09. The van der Waals surface area contributed by atoms with Crippen LogP contribution in [0.1, 0.15) is 5.69 Å². The average Bonchev–Trinajstić information content (AvgIpc) is 2.62. The molecule has 2 N–H and O–H groups in total. The number of hydrogen-bond donors (Lipinski definition) is 2. The normalized spacial score (nSPS) is 10.1. The SMILES string of the molecule is COc1ccccc1Nc1cc(NCc2ccccn2)ncn1. The molecule has 0 aliphatic carbocycles. The Balaban J connectivity index is 1.70. The number of aromatic nitrogens is 3. The molecule has 6 heteroatoms. The average molecular weight is 307 g/mol. The molecule has 0 bridgehead atoms. The summed E-state index contributed by atoms with van der Waals surface area (Å²) in [6.45, 7) is 0.603. The summed E-state index contributed by atoms with van der Waals surface area (Å²) in [4.78, 5) is 12.7. The fourth-order valence-corrected chi connectivity index (χ4v) is 2.09. The minimum atomic E-state index is 0.603. The maximum absolute atomic E-state index is 5.32. The molecule has 0 radical (unpaired) electrons. The van der Waals surface area contributed by atoms with Gasteiger partial charge < -0.3 is 15.4 Å². The van der Waals surface area contributed by atoms with Gasteiger partial charge in [0, 0.05) is 12.3 Å². The van der Waals surface area contributed by atoms with Crippen LogP contribution in [-0.2, 0) is 6.54 Å². The molecule has 3 aromatic rings. The van der Waals surface area contributed by atoms with Crippen molar-refractivity contribution in [3.8, 4) is 5.75 Å². The molecule has 6 nitrogen and oxygen atoms in total. The van der Waals surface area contributed by atoms with Crippen molar-refractivity contribution < 1.29 is 4.74 Å². The highest BCUT2D eigenvalue weighted by Gasteiger charge is 2.04. The number of rotatable bonds is 6. The molecule has 3 rings (SSSR count). The van der Waals surface area contributed by atoms with Gasteiger partial charge in [0.2, 0.25) is 0 Å². The van der Waals surface area contributed by atoms with E-state index in [1.807, 2.05) is 48.5 Å².